The lowest BCUT2D eigenvalue weighted by Crippen LogP contribution is -2.21. The number of hydrogen-bond donors (Lipinski definition) is 1. The molecule has 1 aromatic heterocycles. The van der Waals surface area contributed by atoms with Crippen molar-refractivity contribution in [2.45, 2.75) is 6.92 Å². The van der Waals surface area contributed by atoms with E-state index in [9.17, 15) is 18.4 Å². The predicted octanol–water partition coefficient (Wildman–Crippen LogP) is 3.72. The van der Waals surface area contributed by atoms with Crippen LogP contribution in [0, 0.1) is 18.6 Å². The van der Waals surface area contributed by atoms with Crippen molar-refractivity contribution in [1.82, 2.24) is 5.16 Å². The van der Waals surface area contributed by atoms with Gasteiger partial charge in [0.05, 0.1) is 5.56 Å². The molecule has 0 radical (unpaired) electrons. The molecule has 0 unspecified atom stereocenters. The van der Waals surface area contributed by atoms with Crippen LogP contribution in [-0.4, -0.2) is 23.6 Å². The summed E-state index contributed by atoms with van der Waals surface area (Å²) < 4.78 is 36.1. The predicted molar refractivity (Wildman–Crippen MR) is 91.9 cm³/mol. The maximum absolute atomic E-state index is 13.5. The molecule has 3 rings (SSSR count). The Hall–Kier alpha value is -3.55. The first-order chi connectivity index (χ1) is 12.9. The van der Waals surface area contributed by atoms with Gasteiger partial charge < -0.3 is 9.26 Å². The summed E-state index contributed by atoms with van der Waals surface area (Å²) in [5, 5.41) is 6.22. The van der Waals surface area contributed by atoms with E-state index in [4.69, 9.17) is 9.26 Å². The van der Waals surface area contributed by atoms with Gasteiger partial charge in [-0.15, -0.1) is 0 Å². The molecule has 0 saturated carbocycles. The number of rotatable bonds is 5. The van der Waals surface area contributed by atoms with E-state index in [0.717, 1.165) is 23.3 Å². The molecule has 2 aromatic carbocycles. The third-order valence-electron chi connectivity index (χ3n) is 3.61. The van der Waals surface area contributed by atoms with Gasteiger partial charge in [0.15, 0.2) is 6.61 Å². The molecule has 0 saturated heterocycles. The molecular weight excluding hydrogens is 358 g/mol. The topological polar surface area (TPSA) is 81.4 Å². The molecule has 1 amide bonds. The summed E-state index contributed by atoms with van der Waals surface area (Å²) in [4.78, 5) is 23.6. The Kier molecular flexibility index (Phi) is 5.25. The number of amides is 1. The average Bonchev–Trinajstić information content (AvgIpc) is 3.08. The summed E-state index contributed by atoms with van der Waals surface area (Å²) >= 11 is 0. The van der Waals surface area contributed by atoms with Crippen LogP contribution in [0.4, 0.5) is 14.7 Å². The molecule has 3 aromatic rings. The number of esters is 1. The number of nitrogens with zero attached hydrogens (tertiary/aromatic N) is 1. The molecule has 0 atom stereocenters. The zero-order chi connectivity index (χ0) is 19.4. The fraction of sp³-hybridized carbons (Fsp3) is 0.105. The van der Waals surface area contributed by atoms with Crippen LogP contribution < -0.4 is 5.32 Å². The second-order valence-electron chi connectivity index (χ2n) is 5.69. The summed E-state index contributed by atoms with van der Waals surface area (Å²) in [6, 6.07) is 11.5. The molecule has 0 aliphatic heterocycles. The largest absolute Gasteiger partial charge is 0.452 e. The summed E-state index contributed by atoms with van der Waals surface area (Å²) in [6.07, 6.45) is 0. The first-order valence-corrected chi connectivity index (χ1v) is 7.88. The van der Waals surface area contributed by atoms with Crippen molar-refractivity contribution in [3.8, 4) is 11.3 Å². The number of anilines is 1. The van der Waals surface area contributed by atoms with E-state index in [1.807, 2.05) is 31.2 Å². The van der Waals surface area contributed by atoms with Gasteiger partial charge in [-0.25, -0.2) is 13.6 Å². The minimum absolute atomic E-state index is 0.0691. The average molecular weight is 372 g/mol. The third-order valence-corrected chi connectivity index (χ3v) is 3.61. The number of hydrogen-bond acceptors (Lipinski definition) is 5. The van der Waals surface area contributed by atoms with Crippen LogP contribution in [0.3, 0.4) is 0 Å². The van der Waals surface area contributed by atoms with Crippen molar-refractivity contribution >= 4 is 17.8 Å². The van der Waals surface area contributed by atoms with Crippen molar-refractivity contribution in [3.05, 3.63) is 71.3 Å². The number of halogens is 2. The second kappa shape index (κ2) is 7.77. The minimum Gasteiger partial charge on any atom is -0.452 e. The van der Waals surface area contributed by atoms with E-state index < -0.39 is 35.7 Å². The Morgan fingerprint density at radius 2 is 1.85 bits per heavy atom. The van der Waals surface area contributed by atoms with Crippen molar-refractivity contribution in [1.29, 1.82) is 0 Å². The lowest BCUT2D eigenvalue weighted by Gasteiger charge is -2.05. The Bertz CT molecular complexity index is 984. The Morgan fingerprint density at radius 3 is 2.56 bits per heavy atom. The van der Waals surface area contributed by atoms with E-state index in [0.29, 0.717) is 11.8 Å². The van der Waals surface area contributed by atoms with Crippen LogP contribution in [0.1, 0.15) is 15.9 Å². The Morgan fingerprint density at radius 1 is 1.11 bits per heavy atom. The third kappa shape index (κ3) is 4.55. The normalized spacial score (nSPS) is 10.5. The maximum atomic E-state index is 13.5. The molecule has 0 fully saturated rings. The van der Waals surface area contributed by atoms with Crippen molar-refractivity contribution in [2.24, 2.45) is 0 Å². The van der Waals surface area contributed by atoms with Crippen LogP contribution >= 0.6 is 0 Å². The van der Waals surface area contributed by atoms with Crippen molar-refractivity contribution < 1.29 is 27.6 Å². The maximum Gasteiger partial charge on any atom is 0.341 e. The van der Waals surface area contributed by atoms with E-state index in [-0.39, 0.29) is 5.88 Å². The molecule has 6 nitrogen and oxygen atoms in total. The first-order valence-electron chi connectivity index (χ1n) is 7.88. The minimum atomic E-state index is -1.08. The zero-order valence-corrected chi connectivity index (χ0v) is 14.2. The molecule has 0 aliphatic carbocycles. The fourth-order valence-electron chi connectivity index (χ4n) is 2.23. The second-order valence-corrected chi connectivity index (χ2v) is 5.69. The number of nitrogens with one attached hydrogen (secondary N) is 1. The summed E-state index contributed by atoms with van der Waals surface area (Å²) in [5.74, 6) is -3.60. The van der Waals surface area contributed by atoms with Gasteiger partial charge in [-0.3, -0.25) is 10.1 Å². The number of aryl methyl sites for hydroxylation is 1. The highest BCUT2D eigenvalue weighted by Crippen LogP contribution is 2.22. The van der Waals surface area contributed by atoms with E-state index in [1.54, 1.807) is 0 Å². The highest BCUT2D eigenvalue weighted by atomic mass is 19.1. The van der Waals surface area contributed by atoms with Crippen molar-refractivity contribution in [2.75, 3.05) is 11.9 Å². The number of carbonyl (C=O) groups is 2. The smallest absolute Gasteiger partial charge is 0.341 e. The number of benzene rings is 2. The Labute approximate surface area is 152 Å². The highest BCUT2D eigenvalue weighted by molar-refractivity contribution is 5.95. The fourth-order valence-corrected chi connectivity index (χ4v) is 2.23. The van der Waals surface area contributed by atoms with Crippen LogP contribution in [0.25, 0.3) is 11.3 Å². The molecule has 27 heavy (non-hydrogen) atoms. The summed E-state index contributed by atoms with van der Waals surface area (Å²) in [6.45, 7) is 1.29. The Balaban J connectivity index is 1.56. The van der Waals surface area contributed by atoms with Crippen LogP contribution in [0.5, 0.6) is 0 Å². The zero-order valence-electron chi connectivity index (χ0n) is 14.2. The number of carbonyl (C=O) groups excluding carboxylic acids is 2. The van der Waals surface area contributed by atoms with Gasteiger partial charge in [0, 0.05) is 17.7 Å². The van der Waals surface area contributed by atoms with Gasteiger partial charge in [-0.2, -0.15) is 0 Å². The van der Waals surface area contributed by atoms with Gasteiger partial charge in [0.1, 0.15) is 17.3 Å². The van der Waals surface area contributed by atoms with Gasteiger partial charge in [-0.1, -0.05) is 35.0 Å². The molecule has 0 aliphatic rings. The van der Waals surface area contributed by atoms with E-state index in [1.165, 1.54) is 6.07 Å². The highest BCUT2D eigenvalue weighted by Gasteiger charge is 2.16. The molecule has 0 spiro atoms. The molecular formula is C19H14F2N2O4. The summed E-state index contributed by atoms with van der Waals surface area (Å²) in [5.41, 5.74) is 1.96. The first kappa shape index (κ1) is 18.2. The van der Waals surface area contributed by atoms with E-state index >= 15 is 0 Å². The number of aromatic nitrogens is 1. The van der Waals surface area contributed by atoms with Gasteiger partial charge in [-0.05, 0) is 19.1 Å². The standard InChI is InChI=1S/C19H14F2N2O4/c1-11-2-4-12(5-3-11)16-9-18(27-23-16)22-17(24)10-26-19(25)14-7-6-13(20)8-15(14)21/h2-9H,10H2,1H3,(H,22,24). The van der Waals surface area contributed by atoms with Gasteiger partial charge in [0.2, 0.25) is 5.88 Å². The monoisotopic (exact) mass is 372 g/mol. The van der Waals surface area contributed by atoms with Crippen LogP contribution in [0.15, 0.2) is 53.1 Å². The van der Waals surface area contributed by atoms with Crippen LogP contribution in [0.2, 0.25) is 0 Å². The lowest BCUT2D eigenvalue weighted by molar-refractivity contribution is -0.119. The SMILES string of the molecule is Cc1ccc(-c2cc(NC(=O)COC(=O)c3ccc(F)cc3F)on2)cc1. The lowest BCUT2D eigenvalue weighted by atomic mass is 10.1. The number of ether oxygens (including phenoxy) is 1. The van der Waals surface area contributed by atoms with Gasteiger partial charge >= 0.3 is 5.97 Å². The quantitative estimate of drug-likeness (QED) is 0.691. The van der Waals surface area contributed by atoms with E-state index in [2.05, 4.69) is 10.5 Å². The molecule has 1 N–H and O–H groups in total. The molecule has 0 bridgehead atoms. The summed E-state index contributed by atoms with van der Waals surface area (Å²) in [7, 11) is 0. The van der Waals surface area contributed by atoms with Crippen LogP contribution in [-0.2, 0) is 9.53 Å². The molecule has 8 heteroatoms. The molecule has 1 heterocycles. The van der Waals surface area contributed by atoms with Gasteiger partial charge in [0.25, 0.3) is 5.91 Å². The molecule has 138 valence electrons. The van der Waals surface area contributed by atoms with Crippen molar-refractivity contribution in [3.63, 3.8) is 0 Å².